The zero-order valence-corrected chi connectivity index (χ0v) is 28.9. The first-order valence-electron chi connectivity index (χ1n) is 15.6. The molecule has 4 rings (SSSR count). The first-order chi connectivity index (χ1) is 22.5. The zero-order valence-electron chi connectivity index (χ0n) is 27.3. The number of anilines is 1. The second kappa shape index (κ2) is 16.5. The van der Waals surface area contributed by atoms with Gasteiger partial charge in [0.05, 0.1) is 17.7 Å². The summed E-state index contributed by atoms with van der Waals surface area (Å²) in [7, 11) is -2.66. The van der Waals surface area contributed by atoms with Crippen LogP contribution >= 0.6 is 11.6 Å². The van der Waals surface area contributed by atoms with Crippen LogP contribution in [0.5, 0.6) is 5.75 Å². The van der Waals surface area contributed by atoms with E-state index in [2.05, 4.69) is 5.32 Å². The predicted molar refractivity (Wildman–Crippen MR) is 187 cm³/mol. The fourth-order valence-electron chi connectivity index (χ4n) is 5.28. The Balaban J connectivity index is 1.82. The Hall–Kier alpha value is -4.34. The Labute approximate surface area is 283 Å². The number of ether oxygens (including phenoxy) is 1. The van der Waals surface area contributed by atoms with Crippen molar-refractivity contribution < 1.29 is 22.7 Å². The van der Waals surface area contributed by atoms with Gasteiger partial charge in [0.1, 0.15) is 18.3 Å². The van der Waals surface area contributed by atoms with Crippen molar-refractivity contribution in [1.82, 2.24) is 10.2 Å². The maximum Gasteiger partial charge on any atom is 0.264 e. The predicted octanol–water partition coefficient (Wildman–Crippen LogP) is 6.72. The molecule has 8 nitrogen and oxygen atoms in total. The third kappa shape index (κ3) is 9.36. The molecule has 47 heavy (non-hydrogen) atoms. The number of rotatable bonds is 15. The molecule has 0 fully saturated rings. The van der Waals surface area contributed by atoms with Crippen LogP contribution in [0.4, 0.5) is 5.69 Å². The van der Waals surface area contributed by atoms with E-state index in [9.17, 15) is 18.0 Å². The molecule has 4 aromatic rings. The van der Waals surface area contributed by atoms with Gasteiger partial charge in [0.2, 0.25) is 11.8 Å². The SMILES string of the molecule is CCCCNC(=O)C(Cc1ccccc1)N(Cc1cccc(OC)c1)C(=O)CN(c1ccc(Cl)cc1C)S(=O)(=O)c1ccc(C)cc1. The summed E-state index contributed by atoms with van der Waals surface area (Å²) in [5.41, 5.74) is 3.39. The third-order valence-corrected chi connectivity index (χ3v) is 9.91. The summed E-state index contributed by atoms with van der Waals surface area (Å²) in [6.45, 7) is 5.61. The Morgan fingerprint density at radius 2 is 1.60 bits per heavy atom. The maximum absolute atomic E-state index is 14.6. The summed E-state index contributed by atoms with van der Waals surface area (Å²) in [6, 6.07) is 27.2. The van der Waals surface area contributed by atoms with Crippen LogP contribution in [-0.4, -0.2) is 51.4 Å². The molecule has 248 valence electrons. The minimum absolute atomic E-state index is 0.0442. The molecule has 1 unspecified atom stereocenters. The van der Waals surface area contributed by atoms with Crippen molar-refractivity contribution in [2.75, 3.05) is 24.5 Å². The number of hydrogen-bond donors (Lipinski definition) is 1. The van der Waals surface area contributed by atoms with E-state index >= 15 is 0 Å². The Morgan fingerprint density at radius 3 is 2.26 bits per heavy atom. The first kappa shape index (κ1) is 35.5. The lowest BCUT2D eigenvalue weighted by atomic mass is 10.0. The number of carbonyl (C=O) groups excluding carboxylic acids is 2. The van der Waals surface area contributed by atoms with Crippen LogP contribution in [0, 0.1) is 13.8 Å². The van der Waals surface area contributed by atoms with E-state index in [1.165, 1.54) is 17.0 Å². The molecule has 0 saturated heterocycles. The van der Waals surface area contributed by atoms with Gasteiger partial charge in [0.25, 0.3) is 10.0 Å². The van der Waals surface area contributed by atoms with E-state index in [-0.39, 0.29) is 23.8 Å². The highest BCUT2D eigenvalue weighted by Crippen LogP contribution is 2.30. The van der Waals surface area contributed by atoms with Crippen molar-refractivity contribution in [2.45, 2.75) is 57.5 Å². The molecule has 0 bridgehead atoms. The van der Waals surface area contributed by atoms with Gasteiger partial charge in [-0.25, -0.2) is 8.42 Å². The summed E-state index contributed by atoms with van der Waals surface area (Å²) in [5.74, 6) is -0.249. The van der Waals surface area contributed by atoms with E-state index in [0.29, 0.717) is 28.6 Å². The van der Waals surface area contributed by atoms with Gasteiger partial charge in [-0.05, 0) is 79.4 Å². The molecule has 0 heterocycles. The lowest BCUT2D eigenvalue weighted by Gasteiger charge is -2.34. The number of halogens is 1. The number of aryl methyl sites for hydroxylation is 2. The topological polar surface area (TPSA) is 96.0 Å². The molecule has 0 radical (unpaired) electrons. The smallest absolute Gasteiger partial charge is 0.264 e. The number of methoxy groups -OCH3 is 1. The van der Waals surface area contributed by atoms with Crippen molar-refractivity contribution in [3.8, 4) is 5.75 Å². The van der Waals surface area contributed by atoms with Crippen molar-refractivity contribution in [3.63, 3.8) is 0 Å². The summed E-state index contributed by atoms with van der Waals surface area (Å²) in [4.78, 5) is 30.1. The van der Waals surface area contributed by atoms with Crippen molar-refractivity contribution in [1.29, 1.82) is 0 Å². The lowest BCUT2D eigenvalue weighted by Crippen LogP contribution is -2.53. The van der Waals surface area contributed by atoms with Crippen LogP contribution < -0.4 is 14.4 Å². The van der Waals surface area contributed by atoms with Gasteiger partial charge in [-0.3, -0.25) is 13.9 Å². The minimum Gasteiger partial charge on any atom is -0.497 e. The average Bonchev–Trinajstić information content (AvgIpc) is 3.06. The molecule has 10 heteroatoms. The number of hydrogen-bond acceptors (Lipinski definition) is 5. The lowest BCUT2D eigenvalue weighted by molar-refractivity contribution is -0.140. The number of amides is 2. The van der Waals surface area contributed by atoms with Crippen molar-refractivity contribution >= 4 is 39.1 Å². The fraction of sp³-hybridized carbons (Fsp3) is 0.297. The number of sulfonamides is 1. The molecule has 0 aromatic heterocycles. The fourth-order valence-corrected chi connectivity index (χ4v) is 6.98. The van der Waals surface area contributed by atoms with E-state index < -0.39 is 28.5 Å². The second-order valence-electron chi connectivity index (χ2n) is 11.5. The highest BCUT2D eigenvalue weighted by atomic mass is 35.5. The molecular formula is C37H42ClN3O5S. The first-order valence-corrected chi connectivity index (χ1v) is 17.4. The maximum atomic E-state index is 14.6. The molecule has 4 aromatic carbocycles. The number of unbranched alkanes of at least 4 members (excludes halogenated alkanes) is 1. The van der Waals surface area contributed by atoms with Crippen LogP contribution in [0.1, 0.15) is 42.0 Å². The van der Waals surface area contributed by atoms with Gasteiger partial charge in [-0.1, -0.05) is 85.1 Å². The number of nitrogens with one attached hydrogen (secondary N) is 1. The average molecular weight is 676 g/mol. The van der Waals surface area contributed by atoms with E-state index in [4.69, 9.17) is 16.3 Å². The summed E-state index contributed by atoms with van der Waals surface area (Å²) < 4.78 is 35.1. The van der Waals surface area contributed by atoms with Crippen LogP contribution in [0.3, 0.4) is 0 Å². The van der Waals surface area contributed by atoms with Gasteiger partial charge < -0.3 is 15.0 Å². The summed E-state index contributed by atoms with van der Waals surface area (Å²) in [5, 5.41) is 3.45. The van der Waals surface area contributed by atoms with E-state index in [0.717, 1.165) is 33.8 Å². The largest absolute Gasteiger partial charge is 0.497 e. The van der Waals surface area contributed by atoms with Crippen LogP contribution in [0.2, 0.25) is 5.02 Å². The quantitative estimate of drug-likeness (QED) is 0.141. The minimum atomic E-state index is -4.22. The molecule has 0 spiro atoms. The van der Waals surface area contributed by atoms with Crippen LogP contribution in [-0.2, 0) is 32.6 Å². The summed E-state index contributed by atoms with van der Waals surface area (Å²) in [6.07, 6.45) is 1.91. The van der Waals surface area contributed by atoms with Gasteiger partial charge in [0, 0.05) is 24.5 Å². The van der Waals surface area contributed by atoms with E-state index in [1.807, 2.05) is 56.3 Å². The molecule has 1 atom stereocenters. The molecule has 2 amide bonds. The Kier molecular flexibility index (Phi) is 12.4. The Morgan fingerprint density at radius 1 is 0.894 bits per heavy atom. The normalized spacial score (nSPS) is 11.9. The number of carbonyl (C=O) groups is 2. The number of benzene rings is 4. The van der Waals surface area contributed by atoms with Gasteiger partial charge in [0.15, 0.2) is 0 Å². The highest BCUT2D eigenvalue weighted by Gasteiger charge is 2.35. The number of nitrogens with zero attached hydrogens (tertiary/aromatic N) is 2. The second-order valence-corrected chi connectivity index (χ2v) is 13.8. The summed E-state index contributed by atoms with van der Waals surface area (Å²) >= 11 is 6.25. The third-order valence-electron chi connectivity index (χ3n) is 7.90. The monoisotopic (exact) mass is 675 g/mol. The van der Waals surface area contributed by atoms with Gasteiger partial charge in [-0.2, -0.15) is 0 Å². The van der Waals surface area contributed by atoms with Crippen molar-refractivity contribution in [2.24, 2.45) is 0 Å². The molecular weight excluding hydrogens is 634 g/mol. The molecule has 0 aliphatic carbocycles. The van der Waals surface area contributed by atoms with Gasteiger partial charge >= 0.3 is 0 Å². The Bertz CT molecular complexity index is 1760. The van der Waals surface area contributed by atoms with E-state index in [1.54, 1.807) is 56.5 Å². The van der Waals surface area contributed by atoms with Crippen LogP contribution in [0.15, 0.2) is 102 Å². The molecule has 0 aliphatic rings. The standard InChI is InChI=1S/C37H42ClN3O5S/c1-5-6-21-39-37(43)35(24-29-11-8-7-9-12-29)40(25-30-13-10-14-32(23-30)46-4)36(42)26-41(34-20-17-31(38)22-28(34)3)47(44,45)33-18-15-27(2)16-19-33/h7-20,22-23,35H,5-6,21,24-26H2,1-4H3,(H,39,43). The zero-order chi connectivity index (χ0) is 34.0. The van der Waals surface area contributed by atoms with Crippen molar-refractivity contribution in [3.05, 3.63) is 124 Å². The highest BCUT2D eigenvalue weighted by molar-refractivity contribution is 7.92. The molecule has 0 aliphatic heterocycles. The molecule has 0 saturated carbocycles. The van der Waals surface area contributed by atoms with Gasteiger partial charge in [-0.15, -0.1) is 0 Å². The molecule has 1 N–H and O–H groups in total. The van der Waals surface area contributed by atoms with Crippen LogP contribution in [0.25, 0.3) is 0 Å².